The largest absolute Gasteiger partial charge is 0.478 e. The molecular formula is C22H12N4O12. The van der Waals surface area contributed by atoms with Crippen LogP contribution < -0.4 is 0 Å². The number of non-ortho nitro benzene ring substituents is 2. The minimum absolute atomic E-state index is 0.226. The topological polar surface area (TPSA) is 247 Å². The van der Waals surface area contributed by atoms with Gasteiger partial charge < -0.3 is 10.2 Å². The van der Waals surface area contributed by atoms with Crippen molar-refractivity contribution in [2.45, 2.75) is 13.8 Å². The van der Waals surface area contributed by atoms with Crippen molar-refractivity contribution in [1.29, 1.82) is 0 Å². The Morgan fingerprint density at radius 3 is 1.13 bits per heavy atom. The van der Waals surface area contributed by atoms with Gasteiger partial charge in [0.15, 0.2) is 0 Å². The third-order valence-corrected chi connectivity index (χ3v) is 6.25. The summed E-state index contributed by atoms with van der Waals surface area (Å²) in [6, 6.07) is 2.91. The monoisotopic (exact) mass is 524 g/mol. The van der Waals surface area contributed by atoms with Crippen molar-refractivity contribution in [3.63, 3.8) is 0 Å². The predicted octanol–water partition coefficient (Wildman–Crippen LogP) is 4.79. The van der Waals surface area contributed by atoms with Crippen LogP contribution in [-0.2, 0) is 0 Å². The average molecular weight is 524 g/mol. The predicted molar refractivity (Wildman–Crippen MR) is 129 cm³/mol. The van der Waals surface area contributed by atoms with Gasteiger partial charge in [0.2, 0.25) is 0 Å². The third kappa shape index (κ3) is 3.47. The highest BCUT2D eigenvalue weighted by atomic mass is 16.6. The molecule has 0 saturated carbocycles. The Balaban J connectivity index is 2.60. The van der Waals surface area contributed by atoms with Crippen LogP contribution in [0.5, 0.6) is 0 Å². The van der Waals surface area contributed by atoms with Gasteiger partial charge in [-0.05, 0) is 36.8 Å². The third-order valence-electron chi connectivity index (χ3n) is 6.25. The number of rotatable bonds is 6. The highest BCUT2D eigenvalue weighted by molar-refractivity contribution is 6.31. The minimum atomic E-state index is -1.69. The lowest BCUT2D eigenvalue weighted by atomic mass is 9.85. The van der Waals surface area contributed by atoms with E-state index in [9.17, 15) is 60.3 Å². The van der Waals surface area contributed by atoms with Gasteiger partial charge in [-0.3, -0.25) is 40.5 Å². The molecular weight excluding hydrogens is 512 g/mol. The molecule has 0 amide bonds. The first-order valence-electron chi connectivity index (χ1n) is 10.3. The Bertz CT molecular complexity index is 1730. The first-order chi connectivity index (χ1) is 17.7. The Labute approximate surface area is 207 Å². The van der Waals surface area contributed by atoms with Crippen LogP contribution >= 0.6 is 0 Å². The molecule has 0 bridgehead atoms. The lowest BCUT2D eigenvalue weighted by Crippen LogP contribution is -2.07. The highest BCUT2D eigenvalue weighted by Crippen LogP contribution is 2.47. The van der Waals surface area contributed by atoms with Crippen LogP contribution in [0.1, 0.15) is 31.8 Å². The van der Waals surface area contributed by atoms with Crippen LogP contribution in [0.15, 0.2) is 24.3 Å². The van der Waals surface area contributed by atoms with Crippen LogP contribution in [0.4, 0.5) is 22.7 Å². The summed E-state index contributed by atoms with van der Waals surface area (Å²) < 4.78 is 0. The molecule has 2 N–H and O–H groups in total. The van der Waals surface area contributed by atoms with Crippen LogP contribution in [0.25, 0.3) is 32.3 Å². The van der Waals surface area contributed by atoms with Gasteiger partial charge in [-0.1, -0.05) is 0 Å². The van der Waals surface area contributed by atoms with Crippen molar-refractivity contribution < 1.29 is 39.5 Å². The molecule has 0 aliphatic carbocycles. The first kappa shape index (κ1) is 25.3. The quantitative estimate of drug-likeness (QED) is 0.196. The van der Waals surface area contributed by atoms with E-state index in [1.165, 1.54) is 0 Å². The number of aryl methyl sites for hydroxylation is 2. The SMILES string of the molecule is Cc1c([N+](=O)[O-])cc([N+](=O)[O-])c2c(C(=O)O)cc3cc(C(=O)O)c4c([N+](=O)[O-])cc([N+](=O)[O-])c(C)c4c3c12. The van der Waals surface area contributed by atoms with E-state index in [-0.39, 0.29) is 32.7 Å². The van der Waals surface area contributed by atoms with Crippen molar-refractivity contribution in [1.82, 2.24) is 0 Å². The molecule has 16 heteroatoms. The molecule has 4 aromatic carbocycles. The Hall–Kier alpha value is -5.80. The second-order valence-corrected chi connectivity index (χ2v) is 8.16. The molecule has 0 unspecified atom stereocenters. The maximum atomic E-state index is 12.1. The number of nitro benzene ring substituents is 4. The van der Waals surface area contributed by atoms with E-state index in [0.29, 0.717) is 12.1 Å². The molecule has 0 fully saturated rings. The van der Waals surface area contributed by atoms with Crippen molar-refractivity contribution in [3.8, 4) is 0 Å². The second-order valence-electron chi connectivity index (χ2n) is 8.16. The zero-order valence-electron chi connectivity index (χ0n) is 19.1. The number of carbonyl (C=O) groups is 2. The Kier molecular flexibility index (Phi) is 5.59. The van der Waals surface area contributed by atoms with E-state index in [0.717, 1.165) is 26.0 Å². The molecule has 0 radical (unpaired) electrons. The van der Waals surface area contributed by atoms with E-state index >= 15 is 0 Å². The lowest BCUT2D eigenvalue weighted by molar-refractivity contribution is -0.393. The molecule has 4 rings (SSSR count). The van der Waals surface area contributed by atoms with Gasteiger partial charge in [-0.25, -0.2) is 9.59 Å². The molecule has 0 atom stereocenters. The molecule has 0 heterocycles. The number of nitro groups is 4. The van der Waals surface area contributed by atoms with Crippen LogP contribution in [0.3, 0.4) is 0 Å². The van der Waals surface area contributed by atoms with Gasteiger partial charge in [0, 0.05) is 21.9 Å². The maximum Gasteiger partial charge on any atom is 0.336 e. The van der Waals surface area contributed by atoms with E-state index in [1.54, 1.807) is 0 Å². The summed E-state index contributed by atoms with van der Waals surface area (Å²) in [6.45, 7) is 2.32. The molecule has 0 saturated heterocycles. The minimum Gasteiger partial charge on any atom is -0.478 e. The molecule has 16 nitrogen and oxygen atoms in total. The Morgan fingerprint density at radius 1 is 0.553 bits per heavy atom. The number of aromatic carboxylic acids is 2. The van der Waals surface area contributed by atoms with Crippen LogP contribution in [0, 0.1) is 54.3 Å². The summed E-state index contributed by atoms with van der Waals surface area (Å²) in [5.74, 6) is -3.38. The smallest absolute Gasteiger partial charge is 0.336 e. The van der Waals surface area contributed by atoms with E-state index in [1.807, 2.05) is 0 Å². The van der Waals surface area contributed by atoms with Crippen molar-refractivity contribution >= 4 is 67.0 Å². The molecule has 0 aliphatic heterocycles. The summed E-state index contributed by atoms with van der Waals surface area (Å²) in [4.78, 5) is 67.7. The van der Waals surface area contributed by atoms with Gasteiger partial charge in [0.25, 0.3) is 22.7 Å². The zero-order chi connectivity index (χ0) is 28.4. The Morgan fingerprint density at radius 2 is 0.868 bits per heavy atom. The van der Waals surface area contributed by atoms with Crippen molar-refractivity contribution in [2.24, 2.45) is 0 Å². The molecule has 0 aromatic heterocycles. The summed E-state index contributed by atoms with van der Waals surface area (Å²) in [5.41, 5.74) is -5.48. The van der Waals surface area contributed by atoms with Gasteiger partial charge in [0.1, 0.15) is 0 Å². The van der Waals surface area contributed by atoms with E-state index in [2.05, 4.69) is 0 Å². The fraction of sp³-hybridized carbons (Fsp3) is 0.0909. The van der Waals surface area contributed by atoms with E-state index in [4.69, 9.17) is 0 Å². The molecule has 192 valence electrons. The molecule has 38 heavy (non-hydrogen) atoms. The lowest BCUT2D eigenvalue weighted by Gasteiger charge is -2.16. The molecule has 4 aromatic rings. The van der Waals surface area contributed by atoms with Gasteiger partial charge in [-0.2, -0.15) is 0 Å². The van der Waals surface area contributed by atoms with Gasteiger partial charge in [-0.15, -0.1) is 0 Å². The number of nitrogens with zero attached hydrogens (tertiary/aromatic N) is 4. The normalized spacial score (nSPS) is 11.1. The van der Waals surface area contributed by atoms with Crippen molar-refractivity contribution in [3.05, 3.63) is 87.0 Å². The highest BCUT2D eigenvalue weighted by Gasteiger charge is 2.33. The summed E-state index contributed by atoms with van der Waals surface area (Å²) >= 11 is 0. The van der Waals surface area contributed by atoms with Crippen molar-refractivity contribution in [2.75, 3.05) is 0 Å². The van der Waals surface area contributed by atoms with Crippen LogP contribution in [-0.4, -0.2) is 41.8 Å². The van der Waals surface area contributed by atoms with Crippen LogP contribution in [0.2, 0.25) is 0 Å². The maximum absolute atomic E-state index is 12.1. The van der Waals surface area contributed by atoms with Gasteiger partial charge >= 0.3 is 11.9 Å². The number of fused-ring (bicyclic) bond motifs is 5. The van der Waals surface area contributed by atoms with E-state index < -0.39 is 76.3 Å². The average Bonchev–Trinajstić information content (AvgIpc) is 2.81. The number of carboxylic acids is 2. The fourth-order valence-corrected chi connectivity index (χ4v) is 4.74. The number of hydrogen-bond donors (Lipinski definition) is 2. The summed E-state index contributed by atoms with van der Waals surface area (Å²) in [5, 5.41) is 64.6. The van der Waals surface area contributed by atoms with Gasteiger partial charge in [0.05, 0.1) is 53.7 Å². The molecule has 0 spiro atoms. The first-order valence-corrected chi connectivity index (χ1v) is 10.3. The molecule has 0 aliphatic rings. The zero-order valence-corrected chi connectivity index (χ0v) is 19.1. The fourth-order valence-electron chi connectivity index (χ4n) is 4.74. The standard InChI is InChI=1S/C22H12N4O12/c1-7-12(23(31)32)5-14(25(35)36)19-10(21(27)28)3-9-4-11(22(29)30)20-15(26(37)38)6-13(24(33)34)8(2)17(20)18(9)16(7)19/h3-6H,1-2H3,(H,27,28)(H,29,30). The summed E-state index contributed by atoms with van der Waals surface area (Å²) in [6.07, 6.45) is 0. The number of benzene rings is 4. The summed E-state index contributed by atoms with van der Waals surface area (Å²) in [7, 11) is 0. The second kappa shape index (κ2) is 8.40. The number of hydrogen-bond acceptors (Lipinski definition) is 10. The number of carboxylic acid groups (broad SMARTS) is 2.